The second-order valence-corrected chi connectivity index (χ2v) is 7.61. The van der Waals surface area contributed by atoms with Crippen molar-refractivity contribution in [2.24, 2.45) is 0 Å². The topological polar surface area (TPSA) is 61.4 Å². The fourth-order valence-electron chi connectivity index (χ4n) is 3.70. The Kier molecular flexibility index (Phi) is 6.11. The second kappa shape index (κ2) is 8.09. The molecule has 4 heteroatoms. The van der Waals surface area contributed by atoms with Crippen molar-refractivity contribution in [3.8, 4) is 0 Å². The third kappa shape index (κ3) is 5.84. The maximum Gasteiger partial charge on any atom is 0.0868 e. The van der Waals surface area contributed by atoms with E-state index in [9.17, 15) is 0 Å². The molecule has 0 aliphatic carbocycles. The van der Waals surface area contributed by atoms with E-state index in [1.54, 1.807) is 0 Å². The molecule has 0 spiro atoms. The summed E-state index contributed by atoms with van der Waals surface area (Å²) in [5.41, 5.74) is 0.818. The van der Waals surface area contributed by atoms with Gasteiger partial charge >= 0.3 is 0 Å². The first-order valence-electron chi connectivity index (χ1n) is 9.67. The quantitative estimate of drug-likeness (QED) is 0.313. The molecular weight excluding hydrogens is 290 g/mol. The number of ether oxygens (including phenoxy) is 3. The highest BCUT2D eigenvalue weighted by Gasteiger charge is 2.51. The Labute approximate surface area is 140 Å². The van der Waals surface area contributed by atoms with Crippen molar-refractivity contribution in [2.75, 3.05) is 0 Å². The summed E-state index contributed by atoms with van der Waals surface area (Å²) in [6.07, 6.45) is 14.7. The first-order valence-corrected chi connectivity index (χ1v) is 9.67. The summed E-state index contributed by atoms with van der Waals surface area (Å²) in [7, 11) is 0. The largest absolute Gasteiger partial charge is 0.369 e. The average molecular weight is 323 g/mol. The fraction of sp³-hybridized carbons (Fsp3) is 0.947. The maximum absolute atomic E-state index is 7.40. The van der Waals surface area contributed by atoms with E-state index in [0.29, 0.717) is 36.6 Å². The Bertz CT molecular complexity index is 400. The number of rotatable bonds is 13. The van der Waals surface area contributed by atoms with Gasteiger partial charge in [-0.25, -0.2) is 0 Å². The van der Waals surface area contributed by atoms with Crippen LogP contribution in [-0.2, 0) is 14.2 Å². The van der Waals surface area contributed by atoms with Crippen molar-refractivity contribution in [2.45, 2.75) is 115 Å². The number of epoxide rings is 3. The molecule has 0 aromatic heterocycles. The molecule has 6 unspecified atom stereocenters. The van der Waals surface area contributed by atoms with Crippen LogP contribution in [0.4, 0.5) is 0 Å². The molecule has 3 saturated heterocycles. The van der Waals surface area contributed by atoms with Crippen LogP contribution in [0.1, 0.15) is 78.1 Å². The summed E-state index contributed by atoms with van der Waals surface area (Å²) >= 11 is 0. The Hall–Kier alpha value is -0.450. The highest BCUT2D eigenvalue weighted by atomic mass is 16.6. The van der Waals surface area contributed by atoms with E-state index < -0.39 is 0 Å². The molecule has 0 aromatic rings. The van der Waals surface area contributed by atoms with Crippen molar-refractivity contribution >= 4 is 5.71 Å². The molecule has 3 heterocycles. The van der Waals surface area contributed by atoms with Gasteiger partial charge in [0.05, 0.1) is 36.6 Å². The van der Waals surface area contributed by atoms with E-state index >= 15 is 0 Å². The van der Waals surface area contributed by atoms with Crippen LogP contribution in [0.5, 0.6) is 0 Å². The predicted molar refractivity (Wildman–Crippen MR) is 91.2 cm³/mol. The van der Waals surface area contributed by atoms with Gasteiger partial charge in [0.2, 0.25) is 0 Å². The first-order chi connectivity index (χ1) is 11.2. The van der Waals surface area contributed by atoms with Crippen LogP contribution in [0.25, 0.3) is 0 Å². The van der Waals surface area contributed by atoms with E-state index in [2.05, 4.69) is 6.92 Å². The first kappa shape index (κ1) is 17.4. The third-order valence-corrected chi connectivity index (χ3v) is 5.43. The number of unbranched alkanes of at least 4 members (excludes halogenated alkanes) is 4. The summed E-state index contributed by atoms with van der Waals surface area (Å²) in [6.45, 7) is 4.09. The summed E-state index contributed by atoms with van der Waals surface area (Å²) in [5, 5.41) is 7.40. The van der Waals surface area contributed by atoms with Crippen LogP contribution >= 0.6 is 0 Å². The van der Waals surface area contributed by atoms with Crippen molar-refractivity contribution in [3.05, 3.63) is 0 Å². The minimum atomic E-state index is 0.441. The standard InChI is InChI=1S/C19H33NO3/c1-3-14-16(21-14)11-18-19(23-18)12-17-15(22-17)10-8-6-4-5-7-9-13(2)20/h14-20H,3-12H2,1-2H3. The van der Waals surface area contributed by atoms with Gasteiger partial charge in [-0.1, -0.05) is 32.6 Å². The van der Waals surface area contributed by atoms with Crippen molar-refractivity contribution in [1.29, 1.82) is 5.41 Å². The molecule has 0 saturated carbocycles. The molecule has 3 fully saturated rings. The Morgan fingerprint density at radius 3 is 1.91 bits per heavy atom. The minimum Gasteiger partial charge on any atom is -0.369 e. The predicted octanol–water partition coefficient (Wildman–Crippen LogP) is 4.25. The molecule has 3 aliphatic heterocycles. The Morgan fingerprint density at radius 2 is 1.26 bits per heavy atom. The summed E-state index contributed by atoms with van der Waals surface area (Å²) < 4.78 is 17.2. The fourth-order valence-corrected chi connectivity index (χ4v) is 3.70. The van der Waals surface area contributed by atoms with Gasteiger partial charge in [0.25, 0.3) is 0 Å². The highest BCUT2D eigenvalue weighted by molar-refractivity contribution is 5.78. The molecule has 0 aromatic carbocycles. The normalized spacial score (nSPS) is 37.7. The van der Waals surface area contributed by atoms with Gasteiger partial charge in [0, 0.05) is 18.6 Å². The van der Waals surface area contributed by atoms with E-state index in [1.165, 1.54) is 38.5 Å². The molecule has 3 rings (SSSR count). The number of hydrogen-bond acceptors (Lipinski definition) is 4. The monoisotopic (exact) mass is 323 g/mol. The van der Waals surface area contributed by atoms with Crippen LogP contribution in [0.3, 0.4) is 0 Å². The van der Waals surface area contributed by atoms with Gasteiger partial charge in [-0.2, -0.15) is 0 Å². The molecule has 23 heavy (non-hydrogen) atoms. The number of nitrogens with one attached hydrogen (secondary N) is 1. The SMILES string of the molecule is CCC1OC1CC1OC1CC1OC1CCCCCCCC(C)=N. The smallest absolute Gasteiger partial charge is 0.0868 e. The van der Waals surface area contributed by atoms with Gasteiger partial charge in [-0.15, -0.1) is 0 Å². The molecule has 6 atom stereocenters. The van der Waals surface area contributed by atoms with Crippen LogP contribution < -0.4 is 0 Å². The maximum atomic E-state index is 7.40. The lowest BCUT2D eigenvalue weighted by Crippen LogP contribution is -2.05. The van der Waals surface area contributed by atoms with Crippen molar-refractivity contribution in [1.82, 2.24) is 0 Å². The second-order valence-electron chi connectivity index (χ2n) is 7.61. The average Bonchev–Trinajstić information content (AvgIpc) is 3.40. The summed E-state index contributed by atoms with van der Waals surface area (Å²) in [5.74, 6) is 0. The Morgan fingerprint density at radius 1 is 0.739 bits per heavy atom. The van der Waals surface area contributed by atoms with E-state index in [-0.39, 0.29) is 0 Å². The zero-order valence-corrected chi connectivity index (χ0v) is 14.8. The zero-order valence-electron chi connectivity index (χ0n) is 14.8. The van der Waals surface area contributed by atoms with Gasteiger partial charge in [-0.05, 0) is 32.6 Å². The van der Waals surface area contributed by atoms with Gasteiger partial charge in [-0.3, -0.25) is 0 Å². The molecule has 4 nitrogen and oxygen atoms in total. The third-order valence-electron chi connectivity index (χ3n) is 5.43. The summed E-state index contributed by atoms with van der Waals surface area (Å²) in [6, 6.07) is 0. The molecule has 3 aliphatic rings. The van der Waals surface area contributed by atoms with Crippen LogP contribution in [0.15, 0.2) is 0 Å². The molecule has 0 radical (unpaired) electrons. The van der Waals surface area contributed by atoms with E-state index in [4.69, 9.17) is 19.6 Å². The molecule has 0 bridgehead atoms. The molecular formula is C19H33NO3. The van der Waals surface area contributed by atoms with E-state index in [1.807, 2.05) is 6.92 Å². The van der Waals surface area contributed by atoms with Crippen molar-refractivity contribution in [3.63, 3.8) is 0 Å². The molecule has 1 N–H and O–H groups in total. The summed E-state index contributed by atoms with van der Waals surface area (Å²) in [4.78, 5) is 0. The highest BCUT2D eigenvalue weighted by Crippen LogP contribution is 2.41. The number of hydrogen-bond donors (Lipinski definition) is 1. The van der Waals surface area contributed by atoms with Gasteiger partial charge in [0.1, 0.15) is 0 Å². The van der Waals surface area contributed by atoms with Crippen LogP contribution in [0, 0.1) is 5.41 Å². The molecule has 132 valence electrons. The Balaban J connectivity index is 1.13. The minimum absolute atomic E-state index is 0.441. The van der Waals surface area contributed by atoms with Crippen LogP contribution in [0.2, 0.25) is 0 Å². The molecule has 0 amide bonds. The lowest BCUT2D eigenvalue weighted by molar-refractivity contribution is 0.309. The lowest BCUT2D eigenvalue weighted by Gasteiger charge is -2.00. The zero-order chi connectivity index (χ0) is 16.2. The van der Waals surface area contributed by atoms with Crippen LogP contribution in [-0.4, -0.2) is 42.3 Å². The van der Waals surface area contributed by atoms with Gasteiger partial charge in [0.15, 0.2) is 0 Å². The lowest BCUT2D eigenvalue weighted by atomic mass is 10.0. The van der Waals surface area contributed by atoms with E-state index in [0.717, 1.165) is 31.4 Å². The van der Waals surface area contributed by atoms with Gasteiger partial charge < -0.3 is 19.6 Å². The van der Waals surface area contributed by atoms with Crippen molar-refractivity contribution < 1.29 is 14.2 Å².